The minimum absolute atomic E-state index is 0.113. The van der Waals surface area contributed by atoms with E-state index in [0.29, 0.717) is 6.92 Å². The zero-order chi connectivity index (χ0) is 14.7. The number of aliphatic hydroxyl groups is 1. The Kier molecular flexibility index (Phi) is 5.03. The SMILES string of the molecule is CCOC(=O)C(=N)C(=O)[C@H](C)C(C)(O)C(F)(F)F. The molecule has 0 aromatic carbocycles. The fourth-order valence-corrected chi connectivity index (χ4v) is 1.02. The number of carbonyl (C=O) groups is 2. The third-order valence-corrected chi connectivity index (χ3v) is 2.54. The quantitative estimate of drug-likeness (QED) is 0.444. The van der Waals surface area contributed by atoms with Crippen LogP contribution in [-0.2, 0) is 14.3 Å². The first-order valence-electron chi connectivity index (χ1n) is 5.05. The number of Topliss-reactive ketones (excluding diaryl/α,β-unsaturated/α-hetero) is 1. The van der Waals surface area contributed by atoms with Crippen LogP contribution >= 0.6 is 0 Å². The topological polar surface area (TPSA) is 87.5 Å². The predicted molar refractivity (Wildman–Crippen MR) is 55.2 cm³/mol. The van der Waals surface area contributed by atoms with Gasteiger partial charge in [0.15, 0.2) is 17.1 Å². The van der Waals surface area contributed by atoms with Crippen molar-refractivity contribution >= 4 is 17.5 Å². The second-order valence-corrected chi connectivity index (χ2v) is 3.83. The molecular formula is C10H14F3NO4. The Labute approximate surface area is 101 Å². The van der Waals surface area contributed by atoms with Gasteiger partial charge in [-0.15, -0.1) is 0 Å². The molecule has 0 heterocycles. The number of hydrogen-bond acceptors (Lipinski definition) is 5. The van der Waals surface area contributed by atoms with Gasteiger partial charge in [0.1, 0.15) is 0 Å². The van der Waals surface area contributed by atoms with Gasteiger partial charge in [-0.3, -0.25) is 10.2 Å². The van der Waals surface area contributed by atoms with E-state index < -0.39 is 35.2 Å². The maximum Gasteiger partial charge on any atom is 0.417 e. The summed E-state index contributed by atoms with van der Waals surface area (Å²) in [7, 11) is 0. The molecular weight excluding hydrogens is 255 g/mol. The van der Waals surface area contributed by atoms with Crippen molar-refractivity contribution in [3.8, 4) is 0 Å². The Morgan fingerprint density at radius 1 is 1.39 bits per heavy atom. The number of ether oxygens (including phenoxy) is 1. The molecule has 0 aromatic rings. The summed E-state index contributed by atoms with van der Waals surface area (Å²) in [6.45, 7) is 2.51. The summed E-state index contributed by atoms with van der Waals surface area (Å²) in [5, 5.41) is 16.4. The molecule has 0 aliphatic rings. The van der Waals surface area contributed by atoms with Gasteiger partial charge in [-0.05, 0) is 13.8 Å². The number of ketones is 1. The molecule has 0 spiro atoms. The highest BCUT2D eigenvalue weighted by Gasteiger charge is 2.56. The summed E-state index contributed by atoms with van der Waals surface area (Å²) < 4.78 is 41.7. The molecule has 0 amide bonds. The van der Waals surface area contributed by atoms with E-state index in [4.69, 9.17) is 5.41 Å². The maximum absolute atomic E-state index is 12.5. The van der Waals surface area contributed by atoms with Crippen molar-refractivity contribution in [3.05, 3.63) is 0 Å². The van der Waals surface area contributed by atoms with E-state index in [1.54, 1.807) is 0 Å². The molecule has 0 radical (unpaired) electrons. The number of rotatable bonds is 5. The molecule has 5 nitrogen and oxygen atoms in total. The van der Waals surface area contributed by atoms with Gasteiger partial charge < -0.3 is 9.84 Å². The lowest BCUT2D eigenvalue weighted by Crippen LogP contribution is -2.52. The lowest BCUT2D eigenvalue weighted by molar-refractivity contribution is -0.266. The highest BCUT2D eigenvalue weighted by Crippen LogP contribution is 2.36. The van der Waals surface area contributed by atoms with E-state index in [1.807, 2.05) is 0 Å². The van der Waals surface area contributed by atoms with Crippen LogP contribution in [0, 0.1) is 11.3 Å². The molecule has 0 aliphatic heterocycles. The molecule has 0 aromatic heterocycles. The van der Waals surface area contributed by atoms with Crippen molar-refractivity contribution in [1.82, 2.24) is 0 Å². The van der Waals surface area contributed by atoms with E-state index in [2.05, 4.69) is 4.74 Å². The van der Waals surface area contributed by atoms with Crippen molar-refractivity contribution < 1.29 is 32.6 Å². The third kappa shape index (κ3) is 3.28. The van der Waals surface area contributed by atoms with Gasteiger partial charge in [-0.25, -0.2) is 4.79 Å². The van der Waals surface area contributed by atoms with Crippen LogP contribution in [0.25, 0.3) is 0 Å². The minimum atomic E-state index is -5.04. The highest BCUT2D eigenvalue weighted by atomic mass is 19.4. The highest BCUT2D eigenvalue weighted by molar-refractivity contribution is 6.63. The summed E-state index contributed by atoms with van der Waals surface area (Å²) in [5.74, 6) is -4.71. The molecule has 0 rings (SSSR count). The van der Waals surface area contributed by atoms with E-state index >= 15 is 0 Å². The summed E-state index contributed by atoms with van der Waals surface area (Å²) in [6.07, 6.45) is -5.04. The second kappa shape index (κ2) is 5.47. The average molecular weight is 269 g/mol. The number of alkyl halides is 3. The standard InChI is InChI=1S/C10H14F3NO4/c1-4-18-8(16)6(14)7(15)5(2)9(3,17)10(11,12)13/h5,14,17H,4H2,1-3H3/t5-,9?/m0/s1. The largest absolute Gasteiger partial charge is 0.461 e. The minimum Gasteiger partial charge on any atom is -0.461 e. The van der Waals surface area contributed by atoms with Crippen molar-refractivity contribution in [3.63, 3.8) is 0 Å². The lowest BCUT2D eigenvalue weighted by Gasteiger charge is -2.31. The smallest absolute Gasteiger partial charge is 0.417 e. The maximum atomic E-state index is 12.5. The molecule has 0 fully saturated rings. The van der Waals surface area contributed by atoms with Gasteiger partial charge in [-0.1, -0.05) is 6.92 Å². The van der Waals surface area contributed by atoms with Crippen LogP contribution in [0.4, 0.5) is 13.2 Å². The van der Waals surface area contributed by atoms with Gasteiger partial charge in [0.05, 0.1) is 12.5 Å². The van der Waals surface area contributed by atoms with E-state index in [0.717, 1.165) is 6.92 Å². The number of halogens is 3. The molecule has 0 saturated carbocycles. The van der Waals surface area contributed by atoms with E-state index in [-0.39, 0.29) is 6.61 Å². The summed E-state index contributed by atoms with van der Waals surface area (Å²) in [6, 6.07) is 0. The van der Waals surface area contributed by atoms with Gasteiger partial charge >= 0.3 is 12.1 Å². The van der Waals surface area contributed by atoms with Crippen LogP contribution in [0.5, 0.6) is 0 Å². The molecule has 0 saturated heterocycles. The Balaban J connectivity index is 5.02. The van der Waals surface area contributed by atoms with E-state index in [1.165, 1.54) is 6.92 Å². The second-order valence-electron chi connectivity index (χ2n) is 3.83. The van der Waals surface area contributed by atoms with Crippen LogP contribution in [0.15, 0.2) is 0 Å². The van der Waals surface area contributed by atoms with Gasteiger partial charge in [-0.2, -0.15) is 13.2 Å². The normalized spacial score (nSPS) is 16.6. The first kappa shape index (κ1) is 16.6. The molecule has 2 atom stereocenters. The zero-order valence-corrected chi connectivity index (χ0v) is 10.1. The summed E-state index contributed by atoms with van der Waals surface area (Å²) in [4.78, 5) is 22.5. The van der Waals surface area contributed by atoms with Gasteiger partial charge in [0, 0.05) is 0 Å². The molecule has 8 heteroatoms. The van der Waals surface area contributed by atoms with Crippen LogP contribution in [0.2, 0.25) is 0 Å². The zero-order valence-electron chi connectivity index (χ0n) is 10.1. The van der Waals surface area contributed by atoms with Crippen molar-refractivity contribution in [2.24, 2.45) is 5.92 Å². The van der Waals surface area contributed by atoms with Crippen molar-refractivity contribution in [2.45, 2.75) is 32.5 Å². The number of hydrogen-bond donors (Lipinski definition) is 2. The molecule has 1 unspecified atom stereocenters. The van der Waals surface area contributed by atoms with Crippen LogP contribution in [0.3, 0.4) is 0 Å². The monoisotopic (exact) mass is 269 g/mol. The molecule has 18 heavy (non-hydrogen) atoms. The average Bonchev–Trinajstić information content (AvgIpc) is 2.24. The Hall–Kier alpha value is -1.44. The Morgan fingerprint density at radius 3 is 2.17 bits per heavy atom. The Bertz CT molecular complexity index is 363. The predicted octanol–water partition coefficient (Wildman–Crippen LogP) is 1.09. The molecule has 0 bridgehead atoms. The lowest BCUT2D eigenvalue weighted by atomic mass is 9.85. The molecule has 0 aliphatic carbocycles. The van der Waals surface area contributed by atoms with Crippen LogP contribution in [-0.4, -0.2) is 41.0 Å². The fraction of sp³-hybridized carbons (Fsp3) is 0.700. The van der Waals surface area contributed by atoms with E-state index in [9.17, 15) is 27.9 Å². The molecule has 104 valence electrons. The summed E-state index contributed by atoms with van der Waals surface area (Å²) in [5.41, 5.74) is -4.53. The summed E-state index contributed by atoms with van der Waals surface area (Å²) >= 11 is 0. The Morgan fingerprint density at radius 2 is 1.83 bits per heavy atom. The van der Waals surface area contributed by atoms with Gasteiger partial charge in [0.2, 0.25) is 0 Å². The van der Waals surface area contributed by atoms with Crippen molar-refractivity contribution in [1.29, 1.82) is 5.41 Å². The number of esters is 1. The first-order chi connectivity index (χ1) is 7.96. The van der Waals surface area contributed by atoms with Crippen LogP contribution in [0.1, 0.15) is 20.8 Å². The first-order valence-corrected chi connectivity index (χ1v) is 5.05. The third-order valence-electron chi connectivity index (χ3n) is 2.54. The van der Waals surface area contributed by atoms with Crippen LogP contribution < -0.4 is 0 Å². The molecule has 2 N–H and O–H groups in total. The van der Waals surface area contributed by atoms with Crippen molar-refractivity contribution in [2.75, 3.05) is 6.61 Å². The number of carbonyl (C=O) groups excluding carboxylic acids is 2. The number of nitrogens with one attached hydrogen (secondary N) is 1. The fourth-order valence-electron chi connectivity index (χ4n) is 1.02. The van der Waals surface area contributed by atoms with Gasteiger partial charge in [0.25, 0.3) is 0 Å².